The average molecular weight is 212 g/mol. The van der Waals surface area contributed by atoms with E-state index in [-0.39, 0.29) is 5.04 Å². The van der Waals surface area contributed by atoms with Crippen LogP contribution in [0.5, 0.6) is 0 Å². The molecule has 0 aliphatic heterocycles. The molecule has 2 nitrogen and oxygen atoms in total. The molecule has 0 atom stereocenters. The standard InChI is InChI=1S/C11H20O2Si/c1-14(12,13)11-5-8-2-9(6-11)4-10(3-8)7-11/h8-10,12-13H,2-7H2,1H3. The van der Waals surface area contributed by atoms with Gasteiger partial charge in [0.05, 0.1) is 0 Å². The monoisotopic (exact) mass is 212 g/mol. The molecule has 4 bridgehead atoms. The van der Waals surface area contributed by atoms with E-state index in [1.54, 1.807) is 6.55 Å². The zero-order chi connectivity index (χ0) is 9.97. The molecule has 4 aliphatic carbocycles. The Balaban J connectivity index is 1.95. The number of rotatable bonds is 1. The quantitative estimate of drug-likeness (QED) is 0.653. The van der Waals surface area contributed by atoms with Crippen molar-refractivity contribution in [3.63, 3.8) is 0 Å². The molecule has 3 heteroatoms. The topological polar surface area (TPSA) is 40.5 Å². The molecule has 0 unspecified atom stereocenters. The molecule has 0 radical (unpaired) electrons. The summed E-state index contributed by atoms with van der Waals surface area (Å²) in [4.78, 5) is 20.2. The van der Waals surface area contributed by atoms with E-state index in [4.69, 9.17) is 0 Å². The lowest BCUT2D eigenvalue weighted by Gasteiger charge is -2.59. The number of hydrogen-bond donors (Lipinski definition) is 2. The molecule has 14 heavy (non-hydrogen) atoms. The minimum atomic E-state index is -2.91. The van der Waals surface area contributed by atoms with Gasteiger partial charge in [0.25, 0.3) is 0 Å². The van der Waals surface area contributed by atoms with Gasteiger partial charge >= 0.3 is 8.56 Å². The van der Waals surface area contributed by atoms with Crippen LogP contribution in [0.4, 0.5) is 0 Å². The van der Waals surface area contributed by atoms with Crippen molar-refractivity contribution >= 4 is 8.56 Å². The summed E-state index contributed by atoms with van der Waals surface area (Å²) in [6.07, 6.45) is 7.50. The summed E-state index contributed by atoms with van der Waals surface area (Å²) in [6, 6.07) is 0. The number of hydrogen-bond acceptors (Lipinski definition) is 2. The Hall–Kier alpha value is 0.137. The Bertz CT molecular complexity index is 221. The molecule has 0 amide bonds. The van der Waals surface area contributed by atoms with Gasteiger partial charge in [0.15, 0.2) is 0 Å². The lowest BCUT2D eigenvalue weighted by molar-refractivity contribution is 0.00891. The van der Waals surface area contributed by atoms with Gasteiger partial charge in [-0.3, -0.25) is 0 Å². The van der Waals surface area contributed by atoms with Crippen LogP contribution in [0.2, 0.25) is 11.6 Å². The lowest BCUT2D eigenvalue weighted by Crippen LogP contribution is -2.55. The van der Waals surface area contributed by atoms with Gasteiger partial charge in [0.2, 0.25) is 0 Å². The predicted octanol–water partition coefficient (Wildman–Crippen LogP) is 2.01. The Morgan fingerprint density at radius 1 is 0.929 bits per heavy atom. The maximum atomic E-state index is 10.1. The first-order valence-corrected chi connectivity index (χ1v) is 8.33. The van der Waals surface area contributed by atoms with Crippen molar-refractivity contribution in [2.24, 2.45) is 17.8 Å². The van der Waals surface area contributed by atoms with Gasteiger partial charge in [-0.1, -0.05) is 0 Å². The molecule has 4 saturated carbocycles. The highest BCUT2D eigenvalue weighted by atomic mass is 28.4. The van der Waals surface area contributed by atoms with E-state index >= 15 is 0 Å². The fraction of sp³-hybridized carbons (Fsp3) is 1.00. The summed E-state index contributed by atoms with van der Waals surface area (Å²) in [5, 5.41) is -0.0122. The lowest BCUT2D eigenvalue weighted by atomic mass is 9.56. The molecule has 4 aliphatic rings. The van der Waals surface area contributed by atoms with Crippen LogP contribution in [-0.2, 0) is 0 Å². The van der Waals surface area contributed by atoms with Crippen molar-refractivity contribution in [1.82, 2.24) is 0 Å². The fourth-order valence-electron chi connectivity index (χ4n) is 4.69. The van der Waals surface area contributed by atoms with Crippen LogP contribution in [0.1, 0.15) is 38.5 Å². The molecule has 0 heterocycles. The van der Waals surface area contributed by atoms with E-state index in [9.17, 15) is 9.59 Å². The van der Waals surface area contributed by atoms with Gasteiger partial charge in [-0.15, -0.1) is 0 Å². The van der Waals surface area contributed by atoms with E-state index in [1.165, 1.54) is 19.3 Å². The third-order valence-corrected chi connectivity index (χ3v) is 7.66. The third kappa shape index (κ3) is 1.15. The Morgan fingerprint density at radius 2 is 1.29 bits per heavy atom. The highest BCUT2D eigenvalue weighted by Gasteiger charge is 2.59. The fourth-order valence-corrected chi connectivity index (χ4v) is 6.72. The van der Waals surface area contributed by atoms with Crippen molar-refractivity contribution < 1.29 is 9.59 Å². The Labute approximate surface area is 86.6 Å². The molecule has 0 aromatic rings. The highest BCUT2D eigenvalue weighted by molar-refractivity contribution is 6.66. The van der Waals surface area contributed by atoms with Crippen molar-refractivity contribution in [2.45, 2.75) is 50.1 Å². The smallest absolute Gasteiger partial charge is 0.335 e. The highest BCUT2D eigenvalue weighted by Crippen LogP contribution is 2.66. The second-order valence-electron chi connectivity index (χ2n) is 6.22. The average Bonchev–Trinajstić information content (AvgIpc) is 1.98. The summed E-state index contributed by atoms with van der Waals surface area (Å²) >= 11 is 0. The second-order valence-corrected chi connectivity index (χ2v) is 9.32. The first-order valence-electron chi connectivity index (χ1n) is 5.93. The van der Waals surface area contributed by atoms with Crippen LogP contribution in [0.15, 0.2) is 0 Å². The van der Waals surface area contributed by atoms with Crippen LogP contribution in [0.25, 0.3) is 0 Å². The van der Waals surface area contributed by atoms with E-state index in [2.05, 4.69) is 0 Å². The molecule has 2 N–H and O–H groups in total. The summed E-state index contributed by atoms with van der Waals surface area (Å²) in [6.45, 7) is 1.74. The van der Waals surface area contributed by atoms with Crippen LogP contribution in [-0.4, -0.2) is 18.2 Å². The predicted molar refractivity (Wildman–Crippen MR) is 56.9 cm³/mol. The van der Waals surface area contributed by atoms with Crippen molar-refractivity contribution in [3.8, 4) is 0 Å². The zero-order valence-electron chi connectivity index (χ0n) is 8.87. The largest absolute Gasteiger partial charge is 0.410 e. The summed E-state index contributed by atoms with van der Waals surface area (Å²) in [7, 11) is -2.91. The molecule has 4 rings (SSSR count). The zero-order valence-corrected chi connectivity index (χ0v) is 9.87. The molecule has 0 aromatic carbocycles. The molecule has 4 fully saturated rings. The van der Waals surface area contributed by atoms with E-state index in [0.29, 0.717) is 0 Å². The maximum absolute atomic E-state index is 10.1. The third-order valence-electron chi connectivity index (χ3n) is 5.04. The first kappa shape index (κ1) is 9.37. The molecular formula is C11H20O2Si. The van der Waals surface area contributed by atoms with Crippen LogP contribution >= 0.6 is 0 Å². The van der Waals surface area contributed by atoms with Gasteiger partial charge in [0, 0.05) is 5.04 Å². The molecule has 0 spiro atoms. The van der Waals surface area contributed by atoms with Crippen molar-refractivity contribution in [3.05, 3.63) is 0 Å². The van der Waals surface area contributed by atoms with Crippen LogP contribution in [0.3, 0.4) is 0 Å². The van der Waals surface area contributed by atoms with Gasteiger partial charge in [0.1, 0.15) is 0 Å². The van der Waals surface area contributed by atoms with E-state index < -0.39 is 8.56 Å². The minimum Gasteiger partial charge on any atom is -0.410 e. The van der Waals surface area contributed by atoms with E-state index in [0.717, 1.165) is 37.0 Å². The van der Waals surface area contributed by atoms with Gasteiger partial charge < -0.3 is 9.59 Å². The SMILES string of the molecule is C[Si](O)(O)C12CC3CC(CC(C3)C1)C2. The summed E-state index contributed by atoms with van der Waals surface area (Å²) in [5.41, 5.74) is 0. The minimum absolute atomic E-state index is 0.0122. The normalized spacial score (nSPS) is 51.2. The molecule has 80 valence electrons. The van der Waals surface area contributed by atoms with E-state index in [1.807, 2.05) is 0 Å². The molecular weight excluding hydrogens is 192 g/mol. The van der Waals surface area contributed by atoms with Crippen LogP contribution in [0, 0.1) is 17.8 Å². The van der Waals surface area contributed by atoms with Gasteiger partial charge in [-0.25, -0.2) is 0 Å². The Kier molecular flexibility index (Phi) is 1.76. The Morgan fingerprint density at radius 3 is 1.57 bits per heavy atom. The van der Waals surface area contributed by atoms with Gasteiger partial charge in [-0.2, -0.15) is 0 Å². The summed E-state index contributed by atoms with van der Waals surface area (Å²) in [5.74, 6) is 2.48. The van der Waals surface area contributed by atoms with Crippen LogP contribution < -0.4 is 0 Å². The second kappa shape index (κ2) is 2.63. The molecule has 0 saturated heterocycles. The summed E-state index contributed by atoms with van der Waals surface area (Å²) < 4.78 is 0. The van der Waals surface area contributed by atoms with Crippen molar-refractivity contribution in [1.29, 1.82) is 0 Å². The van der Waals surface area contributed by atoms with Crippen molar-refractivity contribution in [2.75, 3.05) is 0 Å². The first-order chi connectivity index (χ1) is 6.48. The van der Waals surface area contributed by atoms with Gasteiger partial charge in [-0.05, 0) is 62.8 Å². The molecule has 0 aromatic heterocycles. The maximum Gasteiger partial charge on any atom is 0.335 e.